The molecule has 0 fully saturated rings. The highest BCUT2D eigenvalue weighted by Gasteiger charge is 2.33. The second-order valence-electron chi connectivity index (χ2n) is 9.64. The van der Waals surface area contributed by atoms with Crippen molar-refractivity contribution in [3.05, 3.63) is 79.1 Å². The molecule has 0 saturated heterocycles. The van der Waals surface area contributed by atoms with Crippen LogP contribution in [0.2, 0.25) is 0 Å². The van der Waals surface area contributed by atoms with E-state index in [0.29, 0.717) is 5.75 Å². The van der Waals surface area contributed by atoms with Crippen LogP contribution in [0.5, 0.6) is 5.75 Å². The van der Waals surface area contributed by atoms with E-state index in [4.69, 9.17) is 9.47 Å². The number of pyridine rings is 2. The van der Waals surface area contributed by atoms with Crippen molar-refractivity contribution in [3.63, 3.8) is 0 Å². The number of aromatic nitrogens is 3. The molecule has 1 atom stereocenters. The number of amides is 1. The van der Waals surface area contributed by atoms with Gasteiger partial charge in [0.15, 0.2) is 0 Å². The summed E-state index contributed by atoms with van der Waals surface area (Å²) in [5, 5.41) is 0. The highest BCUT2D eigenvalue weighted by molar-refractivity contribution is 6.02. The second-order valence-corrected chi connectivity index (χ2v) is 9.64. The lowest BCUT2D eigenvalue weighted by molar-refractivity contribution is 0.0252. The minimum atomic E-state index is -0.691. The lowest BCUT2D eigenvalue weighted by Crippen LogP contribution is -2.40. The molecule has 3 aromatic heterocycles. The van der Waals surface area contributed by atoms with Crippen LogP contribution in [-0.2, 0) is 4.74 Å². The van der Waals surface area contributed by atoms with E-state index >= 15 is 0 Å². The van der Waals surface area contributed by atoms with Crippen molar-refractivity contribution >= 4 is 17.1 Å². The van der Waals surface area contributed by atoms with Crippen LogP contribution in [0.1, 0.15) is 27.2 Å². The van der Waals surface area contributed by atoms with Gasteiger partial charge in [-0.1, -0.05) is 30.3 Å². The fourth-order valence-electron chi connectivity index (χ4n) is 4.28. The van der Waals surface area contributed by atoms with Crippen LogP contribution in [0.15, 0.2) is 79.1 Å². The van der Waals surface area contributed by atoms with Gasteiger partial charge in [-0.05, 0) is 44.5 Å². The van der Waals surface area contributed by atoms with Gasteiger partial charge in [0.05, 0.1) is 29.0 Å². The van der Waals surface area contributed by atoms with E-state index in [2.05, 4.69) is 15.0 Å². The Hall–Kier alpha value is -4.20. The largest absolute Gasteiger partial charge is 0.489 e. The quantitative estimate of drug-likeness (QED) is 0.349. The lowest BCUT2D eigenvalue weighted by Gasteiger charge is -2.27. The Balaban J connectivity index is 1.47. The number of hydrogen-bond acceptors (Lipinski definition) is 5. The summed E-state index contributed by atoms with van der Waals surface area (Å²) in [6, 6.07) is 15.2. The number of H-pyrrole nitrogens is 1. The van der Waals surface area contributed by atoms with Gasteiger partial charge in [0, 0.05) is 36.1 Å². The van der Waals surface area contributed by atoms with Crippen LogP contribution >= 0.6 is 0 Å². The first-order chi connectivity index (χ1) is 17.3. The van der Waals surface area contributed by atoms with Crippen LogP contribution in [0.3, 0.4) is 0 Å². The Morgan fingerprint density at radius 2 is 1.94 bits per heavy atom. The van der Waals surface area contributed by atoms with E-state index in [-0.39, 0.29) is 13.0 Å². The van der Waals surface area contributed by atoms with Gasteiger partial charge >= 0.3 is 6.09 Å². The number of nitrogens with one attached hydrogen (secondary N) is 1. The Labute approximate surface area is 208 Å². The monoisotopic (exact) mass is 486 g/mol. The van der Waals surface area contributed by atoms with Gasteiger partial charge in [0.2, 0.25) is 0 Å². The summed E-state index contributed by atoms with van der Waals surface area (Å²) < 4.78 is 25.8. The van der Waals surface area contributed by atoms with Crippen molar-refractivity contribution < 1.29 is 18.7 Å². The molecule has 4 aromatic rings. The minimum Gasteiger partial charge on any atom is -0.489 e. The molecule has 0 saturated carbocycles. The van der Waals surface area contributed by atoms with E-state index in [9.17, 15) is 9.18 Å². The summed E-state index contributed by atoms with van der Waals surface area (Å²) >= 11 is 0. The minimum absolute atomic E-state index is 0.0560. The molecule has 5 rings (SSSR count). The average molecular weight is 487 g/mol. The van der Waals surface area contributed by atoms with Gasteiger partial charge < -0.3 is 14.5 Å². The van der Waals surface area contributed by atoms with Crippen LogP contribution < -0.4 is 4.74 Å². The van der Waals surface area contributed by atoms with Gasteiger partial charge in [-0.2, -0.15) is 0 Å². The van der Waals surface area contributed by atoms with Crippen molar-refractivity contribution in [2.75, 3.05) is 6.61 Å². The van der Waals surface area contributed by atoms with Gasteiger partial charge in [0.1, 0.15) is 23.8 Å². The first kappa shape index (κ1) is 23.5. The summed E-state index contributed by atoms with van der Waals surface area (Å²) in [5.41, 5.74) is 4.64. The molecule has 0 aliphatic carbocycles. The third kappa shape index (κ3) is 4.79. The maximum Gasteiger partial charge on any atom is 0.414 e. The number of halogens is 1. The molecule has 1 aliphatic heterocycles. The maximum atomic E-state index is 14.2. The van der Waals surface area contributed by atoms with E-state index in [0.717, 1.165) is 33.4 Å². The fourth-order valence-corrected chi connectivity index (χ4v) is 4.28. The summed E-state index contributed by atoms with van der Waals surface area (Å²) in [6.45, 7) is 5.39. The molecule has 0 spiro atoms. The van der Waals surface area contributed by atoms with Gasteiger partial charge in [-0.3, -0.25) is 14.9 Å². The van der Waals surface area contributed by atoms with Gasteiger partial charge in [-0.15, -0.1) is 0 Å². The molecule has 36 heavy (non-hydrogen) atoms. The maximum absolute atomic E-state index is 14.2. The molecule has 0 bridgehead atoms. The molecular formula is C28H27FN4O3. The highest BCUT2D eigenvalue weighted by atomic mass is 19.1. The normalized spacial score (nSPS) is 15.7. The zero-order valence-electron chi connectivity index (χ0n) is 20.4. The molecular weight excluding hydrogens is 459 g/mol. The van der Waals surface area contributed by atoms with E-state index in [1.807, 2.05) is 48.5 Å². The number of benzene rings is 1. The summed E-state index contributed by atoms with van der Waals surface area (Å²) in [5.74, 6) is 0.117. The molecule has 1 aliphatic rings. The van der Waals surface area contributed by atoms with Crippen LogP contribution in [0, 0.1) is 0 Å². The Morgan fingerprint density at radius 1 is 1.14 bits per heavy atom. The zero-order chi connectivity index (χ0) is 25.3. The van der Waals surface area contributed by atoms with Crippen LogP contribution in [0.4, 0.5) is 9.18 Å². The Bertz CT molecular complexity index is 1430. The predicted octanol–water partition coefficient (Wildman–Crippen LogP) is 6.49. The Morgan fingerprint density at radius 3 is 2.72 bits per heavy atom. The zero-order valence-corrected chi connectivity index (χ0v) is 20.4. The smallest absolute Gasteiger partial charge is 0.414 e. The molecule has 8 heteroatoms. The molecule has 1 aromatic carbocycles. The summed E-state index contributed by atoms with van der Waals surface area (Å²) in [4.78, 5) is 26.2. The topological polar surface area (TPSA) is 80.3 Å². The number of rotatable bonds is 5. The van der Waals surface area contributed by atoms with Gasteiger partial charge in [-0.25, -0.2) is 9.18 Å². The van der Waals surface area contributed by atoms with Crippen molar-refractivity contribution in [1.29, 1.82) is 0 Å². The predicted molar refractivity (Wildman–Crippen MR) is 136 cm³/mol. The number of hydrogen-bond donors (Lipinski definition) is 1. The number of aromatic amines is 1. The van der Waals surface area contributed by atoms with Crippen molar-refractivity contribution in [2.45, 2.75) is 38.8 Å². The first-order valence-electron chi connectivity index (χ1n) is 11.8. The molecule has 4 heterocycles. The molecule has 0 unspecified atom stereocenters. The molecule has 1 N–H and O–H groups in total. The number of carbonyl (C=O) groups excluding carboxylic acids is 1. The molecule has 0 radical (unpaired) electrons. The van der Waals surface area contributed by atoms with E-state index < -0.39 is 23.6 Å². The number of carbonyl (C=O) groups is 1. The molecule has 1 amide bonds. The standard InChI is InChI=1S/C28H27FN4O3/c1-28(2,3)36-27(34)33-16-19(29)14-20(33)17-35-23-15-30-13-11-21(23)25-24(18-8-5-4-6-9-18)26-22(32-25)10-7-12-31-26/h4-13,15-16,20,32H,14,17H2,1-3H3/t20-/m0/s1. The number of fused-ring (bicyclic) bond motifs is 1. The Kier molecular flexibility index (Phi) is 6.18. The van der Waals surface area contributed by atoms with E-state index in [1.54, 1.807) is 39.4 Å². The SMILES string of the molecule is CC(C)(C)OC(=O)N1C=C(F)C[C@H]1COc1cnccc1-c1[nH]c2cccnc2c1-c1ccccc1. The van der Waals surface area contributed by atoms with Crippen molar-refractivity contribution in [2.24, 2.45) is 0 Å². The summed E-state index contributed by atoms with van der Waals surface area (Å²) in [6.07, 6.45) is 5.72. The van der Waals surface area contributed by atoms with Gasteiger partial charge in [0.25, 0.3) is 0 Å². The van der Waals surface area contributed by atoms with E-state index in [1.165, 1.54) is 11.1 Å². The average Bonchev–Trinajstić information content (AvgIpc) is 3.43. The van der Waals surface area contributed by atoms with Crippen LogP contribution in [-0.4, -0.2) is 44.2 Å². The first-order valence-corrected chi connectivity index (χ1v) is 11.8. The third-order valence-corrected chi connectivity index (χ3v) is 5.81. The van der Waals surface area contributed by atoms with Crippen molar-refractivity contribution in [1.82, 2.24) is 19.9 Å². The van der Waals surface area contributed by atoms with Crippen molar-refractivity contribution in [3.8, 4) is 28.1 Å². The highest BCUT2D eigenvalue weighted by Crippen LogP contribution is 2.40. The second kappa shape index (κ2) is 9.45. The molecule has 7 nitrogen and oxygen atoms in total. The third-order valence-electron chi connectivity index (χ3n) is 5.81. The lowest BCUT2D eigenvalue weighted by atomic mass is 10.0. The number of nitrogens with zero attached hydrogens (tertiary/aromatic N) is 3. The summed E-state index contributed by atoms with van der Waals surface area (Å²) in [7, 11) is 0. The fraction of sp³-hybridized carbons (Fsp3) is 0.250. The molecule has 184 valence electrons. The van der Waals surface area contributed by atoms with Crippen LogP contribution in [0.25, 0.3) is 33.4 Å². The number of ether oxygens (including phenoxy) is 2.